The van der Waals surface area contributed by atoms with Crippen LogP contribution in [-0.4, -0.2) is 16.1 Å². The first-order valence-corrected chi connectivity index (χ1v) is 11.0. The molecule has 2 heterocycles. The van der Waals surface area contributed by atoms with Crippen molar-refractivity contribution in [2.24, 2.45) is 13.0 Å². The summed E-state index contributed by atoms with van der Waals surface area (Å²) in [6, 6.07) is 23.2. The Bertz CT molecular complexity index is 1410. The highest BCUT2D eigenvalue weighted by Crippen LogP contribution is 2.38. The Balaban J connectivity index is 1.64. The predicted octanol–water partition coefficient (Wildman–Crippen LogP) is 5.67. The number of aromatic nitrogens is 2. The van der Waals surface area contributed by atoms with E-state index in [1.165, 1.54) is 12.8 Å². The molecule has 1 aliphatic rings. The molecule has 0 spiro atoms. The molecule has 0 amide bonds. The minimum Gasteiger partial charge on any atom is -0.339 e. The summed E-state index contributed by atoms with van der Waals surface area (Å²) in [7, 11) is 1.73. The lowest BCUT2D eigenvalue weighted by Crippen LogP contribution is -2.25. The van der Waals surface area contributed by atoms with Gasteiger partial charge in [0.25, 0.3) is 5.56 Å². The summed E-state index contributed by atoms with van der Waals surface area (Å²) < 4.78 is 1.57. The van der Waals surface area contributed by atoms with Crippen LogP contribution in [0.3, 0.4) is 0 Å². The summed E-state index contributed by atoms with van der Waals surface area (Å²) in [4.78, 5) is 19.5. The summed E-state index contributed by atoms with van der Waals surface area (Å²) in [5, 5.41) is 10.1. The first-order valence-electron chi connectivity index (χ1n) is 10.6. The highest BCUT2D eigenvalue weighted by atomic mass is 35.5. The molecule has 0 bridgehead atoms. The smallest absolute Gasteiger partial charge is 0.252 e. The molecule has 0 radical (unpaired) electrons. The number of fused-ring (bicyclic) bond motifs is 1. The van der Waals surface area contributed by atoms with Gasteiger partial charge in [0.2, 0.25) is 0 Å². The zero-order valence-electron chi connectivity index (χ0n) is 17.6. The van der Waals surface area contributed by atoms with Crippen LogP contribution in [0.2, 0.25) is 5.02 Å². The van der Waals surface area contributed by atoms with Gasteiger partial charge < -0.3 is 9.47 Å². The fourth-order valence-electron chi connectivity index (χ4n) is 4.00. The molecular formula is C26H21ClN4O. The van der Waals surface area contributed by atoms with E-state index in [9.17, 15) is 10.1 Å². The van der Waals surface area contributed by atoms with Crippen molar-refractivity contribution in [1.29, 1.82) is 5.26 Å². The molecule has 1 saturated carbocycles. The maximum Gasteiger partial charge on any atom is 0.252 e. The third-order valence-electron chi connectivity index (χ3n) is 5.98. The fourth-order valence-corrected chi connectivity index (χ4v) is 4.24. The van der Waals surface area contributed by atoms with Crippen LogP contribution in [0.4, 0.5) is 11.4 Å². The van der Waals surface area contributed by atoms with E-state index in [1.807, 2.05) is 36.4 Å². The molecule has 4 aromatic rings. The van der Waals surface area contributed by atoms with Crippen molar-refractivity contribution >= 4 is 34.0 Å². The monoisotopic (exact) mass is 440 g/mol. The maximum atomic E-state index is 12.8. The molecule has 0 saturated heterocycles. The topological polar surface area (TPSA) is 61.9 Å². The predicted molar refractivity (Wildman–Crippen MR) is 128 cm³/mol. The lowest BCUT2D eigenvalue weighted by atomic mass is 10.0. The molecule has 0 atom stereocenters. The van der Waals surface area contributed by atoms with E-state index in [0.717, 1.165) is 29.0 Å². The first-order chi connectivity index (χ1) is 15.5. The van der Waals surface area contributed by atoms with Crippen molar-refractivity contribution < 1.29 is 0 Å². The Hall–Kier alpha value is -3.62. The van der Waals surface area contributed by atoms with Crippen molar-refractivity contribution in [3.8, 4) is 17.2 Å². The minimum atomic E-state index is -0.104. The average molecular weight is 441 g/mol. The van der Waals surface area contributed by atoms with Crippen LogP contribution in [-0.2, 0) is 7.05 Å². The standard InChI is InChI=1S/C26H21ClN4O/c1-30-23-13-10-19(15-28)29-26(23)24(14-25(30)32)31(16-17-6-7-17)20-11-8-18(9-12-20)21-4-2-3-5-22(21)27/h2-5,8-14,17H,6-7,16H2,1H3. The summed E-state index contributed by atoms with van der Waals surface area (Å²) in [5.41, 5.74) is 5.31. The quantitative estimate of drug-likeness (QED) is 0.401. The van der Waals surface area contributed by atoms with Gasteiger partial charge in [0.1, 0.15) is 17.3 Å². The van der Waals surface area contributed by atoms with Crippen molar-refractivity contribution in [2.75, 3.05) is 11.4 Å². The molecule has 0 N–H and O–H groups in total. The van der Waals surface area contributed by atoms with Crippen LogP contribution in [0.25, 0.3) is 22.2 Å². The van der Waals surface area contributed by atoms with Crippen molar-refractivity contribution in [1.82, 2.24) is 9.55 Å². The molecule has 158 valence electrons. The summed E-state index contributed by atoms with van der Waals surface area (Å²) >= 11 is 6.38. The number of hydrogen-bond donors (Lipinski definition) is 0. The van der Waals surface area contributed by atoms with Gasteiger partial charge in [0.15, 0.2) is 0 Å². The first kappa shape index (κ1) is 20.3. The Morgan fingerprint density at radius 3 is 2.56 bits per heavy atom. The highest BCUT2D eigenvalue weighted by molar-refractivity contribution is 6.33. The van der Waals surface area contributed by atoms with Gasteiger partial charge >= 0.3 is 0 Å². The normalized spacial score (nSPS) is 13.2. The number of pyridine rings is 2. The van der Waals surface area contributed by atoms with Crippen molar-refractivity contribution in [3.63, 3.8) is 0 Å². The van der Waals surface area contributed by atoms with Gasteiger partial charge in [-0.1, -0.05) is 41.9 Å². The van der Waals surface area contributed by atoms with Crippen LogP contribution >= 0.6 is 11.6 Å². The van der Waals surface area contributed by atoms with E-state index in [1.54, 1.807) is 29.8 Å². The third kappa shape index (κ3) is 3.74. The van der Waals surface area contributed by atoms with Gasteiger partial charge in [-0.2, -0.15) is 5.26 Å². The number of anilines is 2. The van der Waals surface area contributed by atoms with E-state index in [-0.39, 0.29) is 5.56 Å². The molecule has 5 nitrogen and oxygen atoms in total. The summed E-state index contributed by atoms with van der Waals surface area (Å²) in [6.45, 7) is 0.798. The molecule has 5 rings (SSSR count). The van der Waals surface area contributed by atoms with Crippen molar-refractivity contribution in [2.45, 2.75) is 12.8 Å². The van der Waals surface area contributed by atoms with Gasteiger partial charge in [-0.3, -0.25) is 4.79 Å². The molecular weight excluding hydrogens is 420 g/mol. The zero-order valence-corrected chi connectivity index (χ0v) is 18.4. The van der Waals surface area contributed by atoms with Gasteiger partial charge in [0, 0.05) is 35.9 Å². The van der Waals surface area contributed by atoms with E-state index >= 15 is 0 Å². The number of nitriles is 1. The number of nitrogens with zero attached hydrogens (tertiary/aromatic N) is 4. The largest absolute Gasteiger partial charge is 0.339 e. The molecule has 0 unspecified atom stereocenters. The number of aryl methyl sites for hydroxylation is 1. The summed E-state index contributed by atoms with van der Waals surface area (Å²) in [6.07, 6.45) is 2.35. The fraction of sp³-hybridized carbons (Fsp3) is 0.192. The Labute approximate surface area is 191 Å². The second kappa shape index (κ2) is 8.14. The SMILES string of the molecule is Cn1c(=O)cc(N(CC2CC2)c2ccc(-c3ccccc3Cl)cc2)c2nc(C#N)ccc21. The Kier molecular flexibility index (Phi) is 5.16. The molecule has 2 aromatic carbocycles. The number of rotatable bonds is 5. The zero-order chi connectivity index (χ0) is 22.2. The molecule has 32 heavy (non-hydrogen) atoms. The van der Waals surface area contributed by atoms with Gasteiger partial charge in [0.05, 0.1) is 11.2 Å². The molecule has 6 heteroatoms. The van der Waals surface area contributed by atoms with E-state index in [4.69, 9.17) is 11.6 Å². The number of halogens is 1. The minimum absolute atomic E-state index is 0.104. The number of benzene rings is 2. The van der Waals surface area contributed by atoms with E-state index in [0.29, 0.717) is 27.7 Å². The second-order valence-electron chi connectivity index (χ2n) is 8.18. The molecule has 1 aliphatic carbocycles. The van der Waals surface area contributed by atoms with Gasteiger partial charge in [-0.05, 0) is 54.7 Å². The maximum absolute atomic E-state index is 12.8. The van der Waals surface area contributed by atoms with Crippen LogP contribution < -0.4 is 10.5 Å². The molecule has 2 aromatic heterocycles. The lowest BCUT2D eigenvalue weighted by molar-refractivity contribution is 0.811. The average Bonchev–Trinajstić information content (AvgIpc) is 3.64. The Morgan fingerprint density at radius 1 is 1.12 bits per heavy atom. The van der Waals surface area contributed by atoms with E-state index in [2.05, 4.69) is 28.1 Å². The third-order valence-corrected chi connectivity index (χ3v) is 6.31. The van der Waals surface area contributed by atoms with E-state index < -0.39 is 0 Å². The van der Waals surface area contributed by atoms with Crippen LogP contribution in [0.5, 0.6) is 0 Å². The molecule has 1 fully saturated rings. The number of hydrogen-bond acceptors (Lipinski definition) is 4. The van der Waals surface area contributed by atoms with Crippen LogP contribution in [0.15, 0.2) is 71.5 Å². The van der Waals surface area contributed by atoms with Gasteiger partial charge in [-0.15, -0.1) is 0 Å². The summed E-state index contributed by atoms with van der Waals surface area (Å²) in [5.74, 6) is 0.580. The van der Waals surface area contributed by atoms with Gasteiger partial charge in [-0.25, -0.2) is 4.98 Å². The van der Waals surface area contributed by atoms with Crippen LogP contribution in [0.1, 0.15) is 18.5 Å². The highest BCUT2D eigenvalue weighted by Gasteiger charge is 2.27. The van der Waals surface area contributed by atoms with Crippen LogP contribution in [0, 0.1) is 17.2 Å². The molecule has 0 aliphatic heterocycles. The Morgan fingerprint density at radius 2 is 1.88 bits per heavy atom. The second-order valence-corrected chi connectivity index (χ2v) is 8.59. The van der Waals surface area contributed by atoms with Crippen molar-refractivity contribution in [3.05, 3.63) is 87.8 Å². The lowest BCUT2D eigenvalue weighted by Gasteiger charge is -2.26.